The van der Waals surface area contributed by atoms with Gasteiger partial charge in [0, 0.05) is 26.3 Å². The maximum Gasteiger partial charge on any atom is 0.238 e. The quantitative estimate of drug-likeness (QED) is 0.893. The van der Waals surface area contributed by atoms with Crippen LogP contribution in [0.5, 0.6) is 0 Å². The Morgan fingerprint density at radius 1 is 1.25 bits per heavy atom. The van der Waals surface area contributed by atoms with E-state index >= 15 is 0 Å². The molecular formula is C14H22N2O3S. The first-order chi connectivity index (χ1) is 9.59. The Hall–Kier alpha value is -1.11. The third-order valence-electron chi connectivity index (χ3n) is 3.64. The molecule has 1 fully saturated rings. The van der Waals surface area contributed by atoms with Crippen LogP contribution < -0.4 is 10.0 Å². The Bertz CT molecular complexity index is 522. The van der Waals surface area contributed by atoms with E-state index in [1.165, 1.54) is 4.31 Å². The Morgan fingerprint density at radius 2 is 1.85 bits per heavy atom. The second-order valence-corrected chi connectivity index (χ2v) is 7.03. The molecule has 1 aliphatic rings. The van der Waals surface area contributed by atoms with Gasteiger partial charge in [0.1, 0.15) is 0 Å². The summed E-state index contributed by atoms with van der Waals surface area (Å²) in [6.07, 6.45) is 1.14. The summed E-state index contributed by atoms with van der Waals surface area (Å²) in [5, 5.41) is -0.342. The lowest BCUT2D eigenvalue weighted by molar-refractivity contribution is 0.0983. The van der Waals surface area contributed by atoms with Gasteiger partial charge in [0.15, 0.2) is 0 Å². The molecule has 0 atom stereocenters. The third-order valence-corrected chi connectivity index (χ3v) is 6.04. The summed E-state index contributed by atoms with van der Waals surface area (Å²) in [6, 6.07) is 7.39. The predicted molar refractivity (Wildman–Crippen MR) is 80.1 cm³/mol. The van der Waals surface area contributed by atoms with Gasteiger partial charge in [0.2, 0.25) is 10.0 Å². The van der Waals surface area contributed by atoms with E-state index in [9.17, 15) is 8.42 Å². The molecule has 6 heteroatoms. The Kier molecular flexibility index (Phi) is 5.01. The fourth-order valence-electron chi connectivity index (χ4n) is 2.46. The fraction of sp³-hybridized carbons (Fsp3) is 0.571. The number of hydrogen-bond donors (Lipinski definition) is 1. The molecule has 1 aliphatic heterocycles. The predicted octanol–water partition coefficient (Wildman–Crippen LogP) is 1.48. The molecule has 0 aliphatic carbocycles. The van der Waals surface area contributed by atoms with E-state index in [1.807, 2.05) is 31.2 Å². The van der Waals surface area contributed by atoms with E-state index in [1.54, 1.807) is 0 Å². The van der Waals surface area contributed by atoms with Crippen LogP contribution in [-0.4, -0.2) is 33.4 Å². The topological polar surface area (TPSA) is 72.6 Å². The zero-order valence-corrected chi connectivity index (χ0v) is 12.6. The third kappa shape index (κ3) is 3.13. The van der Waals surface area contributed by atoms with Crippen LogP contribution in [0.1, 0.15) is 25.3 Å². The molecule has 0 radical (unpaired) electrons. The molecular weight excluding hydrogens is 276 g/mol. The van der Waals surface area contributed by atoms with Gasteiger partial charge in [-0.25, -0.2) is 8.42 Å². The maximum atomic E-state index is 12.7. The van der Waals surface area contributed by atoms with Gasteiger partial charge in [0.25, 0.3) is 0 Å². The zero-order valence-electron chi connectivity index (χ0n) is 11.8. The molecule has 1 heterocycles. The normalized spacial score (nSPS) is 17.1. The van der Waals surface area contributed by atoms with E-state index in [4.69, 9.17) is 10.5 Å². The van der Waals surface area contributed by atoms with E-state index in [0.29, 0.717) is 44.8 Å². The van der Waals surface area contributed by atoms with Crippen molar-refractivity contribution in [1.82, 2.24) is 0 Å². The van der Waals surface area contributed by atoms with Crippen molar-refractivity contribution in [3.63, 3.8) is 0 Å². The van der Waals surface area contributed by atoms with Gasteiger partial charge in [-0.2, -0.15) is 0 Å². The summed E-state index contributed by atoms with van der Waals surface area (Å²) in [6.45, 7) is 3.79. The van der Waals surface area contributed by atoms with Crippen LogP contribution in [0.25, 0.3) is 0 Å². The fourth-order valence-corrected chi connectivity index (χ4v) is 4.39. The molecule has 20 heavy (non-hydrogen) atoms. The van der Waals surface area contributed by atoms with Crippen LogP contribution in [-0.2, 0) is 21.3 Å². The Balaban J connectivity index is 2.25. The highest BCUT2D eigenvalue weighted by Gasteiger charge is 2.32. The number of benzene rings is 1. The summed E-state index contributed by atoms with van der Waals surface area (Å²) in [4.78, 5) is 0. The second-order valence-electron chi connectivity index (χ2n) is 4.89. The van der Waals surface area contributed by atoms with Crippen molar-refractivity contribution in [3.05, 3.63) is 29.8 Å². The lowest BCUT2D eigenvalue weighted by Gasteiger charge is -2.30. The summed E-state index contributed by atoms with van der Waals surface area (Å²) in [5.74, 6) is 0. The number of sulfonamides is 1. The molecule has 0 saturated carbocycles. The van der Waals surface area contributed by atoms with Crippen molar-refractivity contribution in [2.24, 2.45) is 5.73 Å². The van der Waals surface area contributed by atoms with Crippen LogP contribution in [0.2, 0.25) is 0 Å². The van der Waals surface area contributed by atoms with Gasteiger partial charge < -0.3 is 10.5 Å². The average molecular weight is 298 g/mol. The minimum absolute atomic E-state index is 0.342. The molecule has 0 unspecified atom stereocenters. The van der Waals surface area contributed by atoms with Crippen LogP contribution >= 0.6 is 0 Å². The number of hydrogen-bond acceptors (Lipinski definition) is 4. The molecule has 2 rings (SSSR count). The summed E-state index contributed by atoms with van der Waals surface area (Å²) in [5.41, 5.74) is 7.26. The molecule has 1 aromatic rings. The number of nitrogens with zero attached hydrogens (tertiary/aromatic N) is 1. The van der Waals surface area contributed by atoms with E-state index in [2.05, 4.69) is 0 Å². The monoisotopic (exact) mass is 298 g/mol. The first-order valence-corrected chi connectivity index (χ1v) is 8.48. The zero-order chi connectivity index (χ0) is 14.6. The number of ether oxygens (including phenoxy) is 1. The van der Waals surface area contributed by atoms with Crippen LogP contribution in [0.15, 0.2) is 24.3 Å². The molecule has 0 spiro atoms. The summed E-state index contributed by atoms with van der Waals surface area (Å²) < 4.78 is 32.2. The first-order valence-electron chi connectivity index (χ1n) is 6.98. The molecule has 1 saturated heterocycles. The van der Waals surface area contributed by atoms with Gasteiger partial charge in [-0.1, -0.05) is 12.1 Å². The van der Waals surface area contributed by atoms with Crippen molar-refractivity contribution < 1.29 is 13.2 Å². The molecule has 5 nitrogen and oxygen atoms in total. The number of anilines is 1. The largest absolute Gasteiger partial charge is 0.381 e. The van der Waals surface area contributed by atoms with Crippen LogP contribution in [0, 0.1) is 0 Å². The van der Waals surface area contributed by atoms with E-state index in [-0.39, 0.29) is 5.25 Å². The average Bonchev–Trinajstić information content (AvgIpc) is 2.49. The van der Waals surface area contributed by atoms with Crippen LogP contribution in [0.4, 0.5) is 5.69 Å². The lowest BCUT2D eigenvalue weighted by Crippen LogP contribution is -2.41. The van der Waals surface area contributed by atoms with Crippen molar-refractivity contribution >= 4 is 15.7 Å². The second kappa shape index (κ2) is 6.56. The van der Waals surface area contributed by atoms with Gasteiger partial charge in [-0.3, -0.25) is 4.31 Å². The molecule has 0 bridgehead atoms. The maximum absolute atomic E-state index is 12.7. The number of nitrogens with two attached hydrogens (primary N) is 1. The lowest BCUT2D eigenvalue weighted by atomic mass is 10.2. The minimum atomic E-state index is -3.32. The smallest absolute Gasteiger partial charge is 0.238 e. The minimum Gasteiger partial charge on any atom is -0.381 e. The Morgan fingerprint density at radius 3 is 2.35 bits per heavy atom. The summed E-state index contributed by atoms with van der Waals surface area (Å²) in [7, 11) is -3.32. The van der Waals surface area contributed by atoms with Crippen LogP contribution in [0.3, 0.4) is 0 Å². The SMILES string of the molecule is CCN(c1ccc(CN)cc1)S(=O)(=O)C1CCOCC1. The van der Waals surface area contributed by atoms with Crippen molar-refractivity contribution in [2.75, 3.05) is 24.1 Å². The highest BCUT2D eigenvalue weighted by atomic mass is 32.2. The van der Waals surface area contributed by atoms with Crippen molar-refractivity contribution in [1.29, 1.82) is 0 Å². The first kappa shape index (κ1) is 15.3. The highest BCUT2D eigenvalue weighted by molar-refractivity contribution is 7.93. The highest BCUT2D eigenvalue weighted by Crippen LogP contribution is 2.25. The molecule has 0 amide bonds. The molecule has 1 aromatic carbocycles. The van der Waals surface area contributed by atoms with Crippen molar-refractivity contribution in [3.8, 4) is 0 Å². The molecule has 2 N–H and O–H groups in total. The van der Waals surface area contributed by atoms with Gasteiger partial charge in [0.05, 0.1) is 10.9 Å². The van der Waals surface area contributed by atoms with Gasteiger partial charge >= 0.3 is 0 Å². The standard InChI is InChI=1S/C14H22N2O3S/c1-2-16(13-5-3-12(11-15)4-6-13)20(17,18)14-7-9-19-10-8-14/h3-6,14H,2,7-11,15H2,1H3. The van der Waals surface area contributed by atoms with E-state index < -0.39 is 10.0 Å². The van der Waals surface area contributed by atoms with Crippen molar-refractivity contribution in [2.45, 2.75) is 31.6 Å². The Labute approximate surface area is 120 Å². The van der Waals surface area contributed by atoms with E-state index in [0.717, 1.165) is 5.56 Å². The molecule has 0 aromatic heterocycles. The van der Waals surface area contributed by atoms with Gasteiger partial charge in [-0.15, -0.1) is 0 Å². The summed E-state index contributed by atoms with van der Waals surface area (Å²) >= 11 is 0. The number of rotatable bonds is 5. The molecule has 112 valence electrons. The van der Waals surface area contributed by atoms with Gasteiger partial charge in [-0.05, 0) is 37.5 Å².